The number of aromatic nitrogens is 3. The van der Waals surface area contributed by atoms with E-state index in [1.54, 1.807) is 20.5 Å². The predicted molar refractivity (Wildman–Crippen MR) is 143 cm³/mol. The number of imidazole rings is 1. The normalized spacial score (nSPS) is 15.3. The number of benzene rings is 2. The van der Waals surface area contributed by atoms with Crippen LogP contribution in [0.5, 0.6) is 11.6 Å². The molecule has 0 amide bonds. The van der Waals surface area contributed by atoms with Gasteiger partial charge in [0.1, 0.15) is 41.1 Å². The maximum absolute atomic E-state index is 6.27. The molecule has 2 aromatic carbocycles. The number of furan rings is 1. The molecule has 6 rings (SSSR count). The highest BCUT2D eigenvalue weighted by atomic mass is 16.6. The molecule has 1 unspecified atom stereocenters. The lowest BCUT2D eigenvalue weighted by Crippen LogP contribution is -2.40. The lowest BCUT2D eigenvalue weighted by molar-refractivity contribution is 0.0500. The summed E-state index contributed by atoms with van der Waals surface area (Å²) in [6.45, 7) is 2.83. The molecule has 1 aliphatic heterocycles. The minimum atomic E-state index is -0.222. The molecule has 0 saturated carbocycles. The second-order valence-corrected chi connectivity index (χ2v) is 9.04. The van der Waals surface area contributed by atoms with E-state index in [1.165, 1.54) is 0 Å². The van der Waals surface area contributed by atoms with E-state index in [0.29, 0.717) is 30.6 Å². The average molecular weight is 510 g/mol. The van der Waals surface area contributed by atoms with Crippen LogP contribution in [0.2, 0.25) is 0 Å². The van der Waals surface area contributed by atoms with Crippen molar-refractivity contribution in [2.75, 3.05) is 20.8 Å². The molecule has 0 spiro atoms. The van der Waals surface area contributed by atoms with E-state index in [4.69, 9.17) is 23.7 Å². The van der Waals surface area contributed by atoms with Crippen LogP contribution in [-0.4, -0.2) is 46.1 Å². The van der Waals surface area contributed by atoms with Gasteiger partial charge in [0.05, 0.1) is 26.2 Å². The number of nitrogens with zero attached hydrogens (tertiary/aromatic N) is 5. The molecule has 0 aliphatic carbocycles. The van der Waals surface area contributed by atoms with Crippen LogP contribution in [0.25, 0.3) is 16.7 Å². The molecular weight excluding hydrogens is 482 g/mol. The van der Waals surface area contributed by atoms with E-state index >= 15 is 0 Å². The van der Waals surface area contributed by atoms with Crippen LogP contribution in [0, 0.1) is 6.92 Å². The SMILES string of the molecule is COc1ccc(CN2C(c3ccc(-n4cnc(C)c4)c(OC)n3)=NOCC2c2cc3ccccc3o2)cc1. The first-order valence-corrected chi connectivity index (χ1v) is 12.3. The lowest BCUT2D eigenvalue weighted by atomic mass is 10.1. The van der Waals surface area contributed by atoms with Crippen molar-refractivity contribution in [1.29, 1.82) is 0 Å². The monoisotopic (exact) mass is 509 g/mol. The number of ether oxygens (including phenoxy) is 2. The summed E-state index contributed by atoms with van der Waals surface area (Å²) in [6, 6.07) is 21.7. The Balaban J connectivity index is 1.41. The van der Waals surface area contributed by atoms with E-state index in [0.717, 1.165) is 39.4 Å². The Morgan fingerprint density at radius 3 is 2.58 bits per heavy atom. The number of aryl methyl sites for hydroxylation is 1. The maximum Gasteiger partial charge on any atom is 0.238 e. The van der Waals surface area contributed by atoms with Crippen LogP contribution >= 0.6 is 0 Å². The van der Waals surface area contributed by atoms with Crippen LogP contribution in [0.1, 0.15) is 28.8 Å². The summed E-state index contributed by atoms with van der Waals surface area (Å²) in [5.74, 6) is 2.64. The molecule has 0 saturated heterocycles. The van der Waals surface area contributed by atoms with E-state index in [9.17, 15) is 0 Å². The minimum absolute atomic E-state index is 0.222. The van der Waals surface area contributed by atoms with Crippen molar-refractivity contribution in [2.45, 2.75) is 19.5 Å². The zero-order valence-electron chi connectivity index (χ0n) is 21.4. The Bertz CT molecular complexity index is 1570. The van der Waals surface area contributed by atoms with Gasteiger partial charge in [-0.15, -0.1) is 0 Å². The van der Waals surface area contributed by atoms with Crippen molar-refractivity contribution >= 4 is 16.8 Å². The minimum Gasteiger partial charge on any atom is -0.497 e. The molecule has 4 heterocycles. The van der Waals surface area contributed by atoms with Crippen molar-refractivity contribution in [3.05, 3.63) is 102 Å². The number of hydrogen-bond acceptors (Lipinski definition) is 8. The zero-order chi connectivity index (χ0) is 26.1. The van der Waals surface area contributed by atoms with Crippen LogP contribution in [0.3, 0.4) is 0 Å². The second kappa shape index (κ2) is 9.93. The molecule has 0 radical (unpaired) electrons. The van der Waals surface area contributed by atoms with Gasteiger partial charge in [0, 0.05) is 18.1 Å². The van der Waals surface area contributed by atoms with Crippen LogP contribution in [0.15, 0.2) is 88.8 Å². The van der Waals surface area contributed by atoms with Crippen molar-refractivity contribution in [2.24, 2.45) is 5.16 Å². The fourth-order valence-electron chi connectivity index (χ4n) is 4.63. The number of hydrogen-bond donors (Lipinski definition) is 0. The Morgan fingerprint density at radius 1 is 1.00 bits per heavy atom. The van der Waals surface area contributed by atoms with E-state index < -0.39 is 0 Å². The summed E-state index contributed by atoms with van der Waals surface area (Å²) < 4.78 is 19.2. The maximum atomic E-state index is 6.27. The molecule has 0 fully saturated rings. The first kappa shape index (κ1) is 23.6. The molecule has 5 aromatic rings. The Kier molecular flexibility index (Phi) is 6.17. The van der Waals surface area contributed by atoms with E-state index in [1.807, 2.05) is 78.4 Å². The van der Waals surface area contributed by atoms with Crippen molar-refractivity contribution in [3.8, 4) is 17.3 Å². The van der Waals surface area contributed by atoms with Crippen LogP contribution in [-0.2, 0) is 11.4 Å². The summed E-state index contributed by atoms with van der Waals surface area (Å²) in [6.07, 6.45) is 3.66. The largest absolute Gasteiger partial charge is 0.497 e. The molecule has 9 heteroatoms. The molecule has 38 heavy (non-hydrogen) atoms. The number of pyridine rings is 1. The summed E-state index contributed by atoms with van der Waals surface area (Å²) in [7, 11) is 3.26. The van der Waals surface area contributed by atoms with Gasteiger partial charge in [0.25, 0.3) is 0 Å². The van der Waals surface area contributed by atoms with Gasteiger partial charge >= 0.3 is 0 Å². The number of rotatable bonds is 7. The average Bonchev–Trinajstić information content (AvgIpc) is 3.59. The summed E-state index contributed by atoms with van der Waals surface area (Å²) in [5, 5.41) is 5.50. The van der Waals surface area contributed by atoms with Gasteiger partial charge in [-0.2, -0.15) is 0 Å². The highest BCUT2D eigenvalue weighted by molar-refractivity contribution is 5.97. The molecule has 0 bridgehead atoms. The lowest BCUT2D eigenvalue weighted by Gasteiger charge is -2.35. The second-order valence-electron chi connectivity index (χ2n) is 9.04. The van der Waals surface area contributed by atoms with Gasteiger partial charge in [-0.25, -0.2) is 9.97 Å². The number of oxime groups is 1. The quantitative estimate of drug-likeness (QED) is 0.295. The number of fused-ring (bicyclic) bond motifs is 1. The van der Waals surface area contributed by atoms with Gasteiger partial charge in [0.2, 0.25) is 5.88 Å². The molecule has 3 aromatic heterocycles. The summed E-state index contributed by atoms with van der Waals surface area (Å²) in [4.78, 5) is 17.1. The van der Waals surface area contributed by atoms with Crippen LogP contribution in [0.4, 0.5) is 0 Å². The van der Waals surface area contributed by atoms with Crippen LogP contribution < -0.4 is 9.47 Å². The van der Waals surface area contributed by atoms with Crippen molar-refractivity contribution in [3.63, 3.8) is 0 Å². The standard InChI is InChI=1S/C29H27N5O4/c1-19-15-33(18-30-19)24-13-12-23(31-29(24)36-3)28-32-37-17-25(27-14-21-6-4-5-7-26(21)38-27)34(28)16-20-8-10-22(35-2)11-9-20/h4-15,18,25H,16-17H2,1-3H3. The Labute approximate surface area is 219 Å². The highest BCUT2D eigenvalue weighted by Gasteiger charge is 2.33. The molecule has 1 aliphatic rings. The first-order chi connectivity index (χ1) is 18.6. The third-order valence-corrected chi connectivity index (χ3v) is 6.57. The predicted octanol–water partition coefficient (Wildman–Crippen LogP) is 5.27. The molecular formula is C29H27N5O4. The van der Waals surface area contributed by atoms with E-state index in [-0.39, 0.29) is 6.04 Å². The fraction of sp³-hybridized carbons (Fsp3) is 0.207. The molecule has 0 N–H and O–H groups in total. The van der Waals surface area contributed by atoms with Crippen molar-refractivity contribution in [1.82, 2.24) is 19.4 Å². The first-order valence-electron chi connectivity index (χ1n) is 12.3. The van der Waals surface area contributed by atoms with Gasteiger partial charge in [-0.3, -0.25) is 0 Å². The zero-order valence-corrected chi connectivity index (χ0v) is 21.4. The molecule has 1 atom stereocenters. The smallest absolute Gasteiger partial charge is 0.238 e. The highest BCUT2D eigenvalue weighted by Crippen LogP contribution is 2.33. The van der Waals surface area contributed by atoms with Gasteiger partial charge in [-0.1, -0.05) is 35.5 Å². The van der Waals surface area contributed by atoms with Crippen molar-refractivity contribution < 1.29 is 18.7 Å². The fourth-order valence-corrected chi connectivity index (χ4v) is 4.63. The third-order valence-electron chi connectivity index (χ3n) is 6.57. The van der Waals surface area contributed by atoms with Gasteiger partial charge in [-0.05, 0) is 48.9 Å². The Morgan fingerprint density at radius 2 is 1.84 bits per heavy atom. The number of para-hydroxylation sites is 1. The number of amidine groups is 1. The molecule has 192 valence electrons. The van der Waals surface area contributed by atoms with Gasteiger partial charge in [0.15, 0.2) is 5.84 Å². The topological polar surface area (TPSA) is 87.1 Å². The number of methoxy groups -OCH3 is 2. The third kappa shape index (κ3) is 4.43. The van der Waals surface area contributed by atoms with Gasteiger partial charge < -0.3 is 28.2 Å². The summed E-state index contributed by atoms with van der Waals surface area (Å²) in [5.41, 5.74) is 4.22. The summed E-state index contributed by atoms with van der Waals surface area (Å²) >= 11 is 0. The molecule has 9 nitrogen and oxygen atoms in total. The van der Waals surface area contributed by atoms with E-state index in [2.05, 4.69) is 21.1 Å². The Hall–Kier alpha value is -4.79.